The Morgan fingerprint density at radius 2 is 2.10 bits per heavy atom. The van der Waals surface area contributed by atoms with Gasteiger partial charge < -0.3 is 0 Å². The van der Waals surface area contributed by atoms with Crippen LogP contribution in [0.5, 0.6) is 0 Å². The van der Waals surface area contributed by atoms with E-state index in [4.69, 9.17) is 5.26 Å². The van der Waals surface area contributed by atoms with Crippen LogP contribution in [0.15, 0.2) is 52.7 Å². The van der Waals surface area contributed by atoms with Gasteiger partial charge in [0, 0.05) is 5.56 Å². The molecular weight excluding hydrogens is 268 g/mol. The fraction of sp³-hybridized carbons (Fsp3) is 0.0714. The summed E-state index contributed by atoms with van der Waals surface area (Å²) in [6.45, 7) is 1.74. The number of carbonyl (C=O) groups is 1. The van der Waals surface area contributed by atoms with Crippen LogP contribution in [0.25, 0.3) is 5.70 Å². The molecule has 0 radical (unpaired) electrons. The number of Topliss-reactive ketones (excluding diaryl/α,β-unsaturated/α-hetero) is 1. The van der Waals surface area contributed by atoms with E-state index in [1.165, 1.54) is 6.33 Å². The molecule has 3 rings (SSSR count). The maximum Gasteiger partial charge on any atom is 0.212 e. The van der Waals surface area contributed by atoms with Crippen LogP contribution in [-0.4, -0.2) is 15.3 Å². The van der Waals surface area contributed by atoms with Gasteiger partial charge in [0.25, 0.3) is 0 Å². The van der Waals surface area contributed by atoms with E-state index in [2.05, 4.69) is 20.7 Å². The molecule has 0 atom stereocenters. The zero-order chi connectivity index (χ0) is 14.8. The lowest BCUT2D eigenvalue weighted by molar-refractivity contribution is 0.102. The van der Waals surface area contributed by atoms with Gasteiger partial charge in [0.2, 0.25) is 5.78 Å². The van der Waals surface area contributed by atoms with Crippen LogP contribution >= 0.6 is 0 Å². The summed E-state index contributed by atoms with van der Waals surface area (Å²) in [5.41, 5.74) is 4.22. The van der Waals surface area contributed by atoms with Gasteiger partial charge in [-0.2, -0.15) is 5.26 Å². The number of fused-ring (bicyclic) bond motifs is 1. The van der Waals surface area contributed by atoms with Gasteiger partial charge in [0.1, 0.15) is 18.1 Å². The van der Waals surface area contributed by atoms with Crippen molar-refractivity contribution in [2.75, 3.05) is 0 Å². The first kappa shape index (κ1) is 12.7. The second-order valence-corrected chi connectivity index (χ2v) is 4.37. The monoisotopic (exact) mass is 278 g/mol. The Kier molecular flexibility index (Phi) is 3.04. The van der Waals surface area contributed by atoms with Gasteiger partial charge in [-0.1, -0.05) is 35.6 Å². The Hall–Kier alpha value is -3.27. The van der Waals surface area contributed by atoms with E-state index in [9.17, 15) is 4.79 Å². The van der Waals surface area contributed by atoms with Crippen molar-refractivity contribution in [1.82, 2.24) is 15.0 Å². The molecule has 1 aliphatic heterocycles. The zero-order valence-electron chi connectivity index (χ0n) is 11.1. The highest BCUT2D eigenvalue weighted by Gasteiger charge is 2.21. The number of hydrogen-bond donors (Lipinski definition) is 1. The molecule has 0 fully saturated rings. The van der Waals surface area contributed by atoms with E-state index in [-0.39, 0.29) is 11.5 Å². The van der Waals surface area contributed by atoms with E-state index in [0.717, 1.165) is 0 Å². The molecule has 2 aromatic rings. The van der Waals surface area contributed by atoms with E-state index in [0.29, 0.717) is 22.8 Å². The minimum absolute atomic E-state index is 0.160. The highest BCUT2D eigenvalue weighted by Crippen LogP contribution is 2.26. The van der Waals surface area contributed by atoms with Gasteiger partial charge >= 0.3 is 0 Å². The predicted molar refractivity (Wildman–Crippen MR) is 74.3 cm³/mol. The predicted octanol–water partition coefficient (Wildman–Crippen LogP) is 2.43. The molecule has 1 aromatic carbocycles. The normalized spacial score (nSPS) is 13.1. The fourth-order valence-electron chi connectivity index (χ4n) is 2.03. The van der Waals surface area contributed by atoms with Crippen molar-refractivity contribution in [2.24, 2.45) is 10.3 Å². The lowest BCUT2D eigenvalue weighted by Gasteiger charge is -2.09. The van der Waals surface area contributed by atoms with Gasteiger partial charge in [0.15, 0.2) is 11.5 Å². The molecule has 0 bridgehead atoms. The van der Waals surface area contributed by atoms with Crippen LogP contribution in [0.1, 0.15) is 23.0 Å². The number of nitriles is 1. The summed E-state index contributed by atoms with van der Waals surface area (Å²) in [4.78, 5) is 16.5. The second-order valence-electron chi connectivity index (χ2n) is 4.37. The smallest absolute Gasteiger partial charge is 0.212 e. The van der Waals surface area contributed by atoms with Crippen molar-refractivity contribution in [2.45, 2.75) is 6.92 Å². The molecule has 0 aliphatic carbocycles. The van der Waals surface area contributed by atoms with E-state index in [1.807, 2.05) is 12.1 Å². The standard InChI is InChI=1S/C14H10N6O/c1-9-12(13(21)10-5-3-2-4-6-10)17-19-18-14-11(7-15)16-8-20(9)14/h2-6,8H,1H3,(H,17,18). The van der Waals surface area contributed by atoms with Gasteiger partial charge in [-0.05, 0) is 6.92 Å². The van der Waals surface area contributed by atoms with Crippen LogP contribution in [-0.2, 0) is 0 Å². The van der Waals surface area contributed by atoms with Gasteiger partial charge in [0.05, 0.1) is 5.70 Å². The van der Waals surface area contributed by atoms with Crippen molar-refractivity contribution in [3.8, 4) is 6.07 Å². The number of nitrogens with zero attached hydrogens (tertiary/aromatic N) is 5. The SMILES string of the molecule is CC1=C(C(=O)c2ccccc2)NN=Nc2c(C#N)ncn21. The molecule has 0 amide bonds. The van der Waals surface area contributed by atoms with Crippen molar-refractivity contribution in [3.63, 3.8) is 0 Å². The Bertz CT molecular complexity index is 810. The second kappa shape index (κ2) is 5.02. The van der Waals surface area contributed by atoms with E-state index < -0.39 is 0 Å². The topological polar surface area (TPSA) is 95.4 Å². The summed E-state index contributed by atoms with van der Waals surface area (Å²) < 4.78 is 1.57. The molecule has 2 heterocycles. The number of aromatic nitrogens is 2. The van der Waals surface area contributed by atoms with Crippen LogP contribution in [0.4, 0.5) is 5.82 Å². The molecule has 7 nitrogen and oxygen atoms in total. The minimum atomic E-state index is -0.202. The molecule has 0 spiro atoms. The third kappa shape index (κ3) is 2.08. The first-order valence-corrected chi connectivity index (χ1v) is 6.17. The maximum absolute atomic E-state index is 12.5. The minimum Gasteiger partial charge on any atom is -0.287 e. The number of nitrogens with one attached hydrogen (secondary N) is 1. The number of ketones is 1. The molecule has 102 valence electrons. The van der Waals surface area contributed by atoms with E-state index in [1.54, 1.807) is 35.8 Å². The first-order valence-electron chi connectivity index (χ1n) is 6.17. The molecule has 0 saturated heterocycles. The average molecular weight is 278 g/mol. The van der Waals surface area contributed by atoms with E-state index >= 15 is 0 Å². The molecule has 21 heavy (non-hydrogen) atoms. The molecular formula is C14H10N6O. The Morgan fingerprint density at radius 1 is 1.33 bits per heavy atom. The summed E-state index contributed by atoms with van der Waals surface area (Å²) >= 11 is 0. The molecule has 7 heteroatoms. The summed E-state index contributed by atoms with van der Waals surface area (Å²) in [7, 11) is 0. The number of rotatable bonds is 2. The highest BCUT2D eigenvalue weighted by molar-refractivity contribution is 6.11. The van der Waals surface area contributed by atoms with Crippen LogP contribution in [0.2, 0.25) is 0 Å². The molecule has 1 aliphatic rings. The number of benzene rings is 1. The van der Waals surface area contributed by atoms with Crippen LogP contribution < -0.4 is 5.43 Å². The quantitative estimate of drug-likeness (QED) is 0.853. The van der Waals surface area contributed by atoms with Crippen LogP contribution in [0.3, 0.4) is 0 Å². The third-order valence-electron chi connectivity index (χ3n) is 3.14. The summed E-state index contributed by atoms with van der Waals surface area (Å²) in [5.74, 6) is 0.102. The van der Waals surface area contributed by atoms with Crippen molar-refractivity contribution >= 4 is 17.3 Å². The fourth-order valence-corrected chi connectivity index (χ4v) is 2.03. The van der Waals surface area contributed by atoms with Gasteiger partial charge in [-0.3, -0.25) is 14.8 Å². The van der Waals surface area contributed by atoms with Gasteiger partial charge in [-0.25, -0.2) is 4.98 Å². The molecule has 1 aromatic heterocycles. The largest absolute Gasteiger partial charge is 0.287 e. The molecule has 0 saturated carbocycles. The van der Waals surface area contributed by atoms with Gasteiger partial charge in [-0.15, -0.1) is 5.11 Å². The number of carbonyl (C=O) groups excluding carboxylic acids is 1. The lowest BCUT2D eigenvalue weighted by Crippen LogP contribution is -2.17. The number of imidazole rings is 1. The number of allylic oxidation sites excluding steroid dienone is 2. The van der Waals surface area contributed by atoms with Crippen LogP contribution in [0, 0.1) is 11.3 Å². The first-order chi connectivity index (χ1) is 10.2. The lowest BCUT2D eigenvalue weighted by atomic mass is 10.1. The van der Waals surface area contributed by atoms with Crippen molar-refractivity contribution < 1.29 is 4.79 Å². The average Bonchev–Trinajstić information content (AvgIpc) is 2.87. The van der Waals surface area contributed by atoms with Crippen molar-refractivity contribution in [3.05, 3.63) is 53.6 Å². The highest BCUT2D eigenvalue weighted by atomic mass is 16.1. The number of hydrogen-bond acceptors (Lipinski definition) is 6. The molecule has 1 N–H and O–H groups in total. The summed E-state index contributed by atoms with van der Waals surface area (Å²) in [6.07, 6.45) is 1.45. The van der Waals surface area contributed by atoms with Crippen molar-refractivity contribution in [1.29, 1.82) is 5.26 Å². The summed E-state index contributed by atoms with van der Waals surface area (Å²) in [6, 6.07) is 10.8. The molecule has 0 unspecified atom stereocenters. The Morgan fingerprint density at radius 3 is 2.81 bits per heavy atom. The maximum atomic E-state index is 12.5. The third-order valence-corrected chi connectivity index (χ3v) is 3.14. The Labute approximate surface area is 120 Å². The zero-order valence-corrected chi connectivity index (χ0v) is 11.1. The Balaban J connectivity index is 2.11. The summed E-state index contributed by atoms with van der Waals surface area (Å²) in [5, 5.41) is 16.6.